The molecule has 2 unspecified atom stereocenters. The lowest BCUT2D eigenvalue weighted by molar-refractivity contribution is 0.101. The zero-order valence-corrected chi connectivity index (χ0v) is 17.1. The van der Waals surface area contributed by atoms with E-state index in [0.717, 1.165) is 29.5 Å². The van der Waals surface area contributed by atoms with Crippen LogP contribution in [0.2, 0.25) is 0 Å². The van der Waals surface area contributed by atoms with Crippen molar-refractivity contribution in [3.8, 4) is 0 Å². The van der Waals surface area contributed by atoms with Crippen molar-refractivity contribution in [1.29, 1.82) is 0 Å². The van der Waals surface area contributed by atoms with Crippen molar-refractivity contribution in [2.45, 2.75) is 50.4 Å². The number of rotatable bonds is 4. The van der Waals surface area contributed by atoms with Gasteiger partial charge in [0.2, 0.25) is 0 Å². The summed E-state index contributed by atoms with van der Waals surface area (Å²) in [5, 5.41) is 11.0. The summed E-state index contributed by atoms with van der Waals surface area (Å²) in [5.74, 6) is 2.65. The van der Waals surface area contributed by atoms with Crippen LogP contribution in [0, 0.1) is 11.8 Å². The zero-order valence-electron chi connectivity index (χ0n) is 17.1. The van der Waals surface area contributed by atoms with Crippen LogP contribution in [0.25, 0.3) is 0 Å². The molecule has 2 fully saturated rings. The summed E-state index contributed by atoms with van der Waals surface area (Å²) in [7, 11) is 0. The lowest BCUT2D eigenvalue weighted by atomic mass is 9.67. The topological polar surface area (TPSA) is 57.8 Å². The Morgan fingerprint density at radius 1 is 0.900 bits per heavy atom. The number of hydrogen-bond donors (Lipinski definition) is 2. The third-order valence-corrected chi connectivity index (χ3v) is 7.51. The monoisotopic (exact) mass is 397 g/mol. The van der Waals surface area contributed by atoms with E-state index in [1.807, 2.05) is 24.3 Å². The maximum Gasteiger partial charge on any atom is 0.276 e. The molecule has 1 aromatic heterocycles. The second-order valence-corrected chi connectivity index (χ2v) is 9.48. The largest absolute Gasteiger partial charge is 0.320 e. The zero-order chi connectivity index (χ0) is 20.1. The average Bonchev–Trinajstić information content (AvgIpc) is 3.13. The summed E-state index contributed by atoms with van der Waals surface area (Å²) < 4.78 is 0. The highest BCUT2D eigenvalue weighted by molar-refractivity contribution is 6.04. The Hall–Kier alpha value is -2.88. The summed E-state index contributed by atoms with van der Waals surface area (Å²) in [5.41, 5.74) is 6.34. The number of anilines is 1. The Morgan fingerprint density at radius 3 is 2.40 bits per heavy atom. The minimum atomic E-state index is -0.0748. The van der Waals surface area contributed by atoms with Gasteiger partial charge in [-0.1, -0.05) is 48.5 Å². The first-order valence-corrected chi connectivity index (χ1v) is 11.3. The molecule has 0 aliphatic heterocycles. The molecule has 2 aromatic carbocycles. The number of amides is 1. The van der Waals surface area contributed by atoms with Crippen LogP contribution in [-0.4, -0.2) is 16.1 Å². The van der Waals surface area contributed by atoms with E-state index < -0.39 is 0 Å². The fourth-order valence-electron chi connectivity index (χ4n) is 6.38. The molecule has 7 rings (SSSR count). The number of aromatic nitrogens is 2. The van der Waals surface area contributed by atoms with Crippen molar-refractivity contribution in [3.63, 3.8) is 0 Å². The Balaban J connectivity index is 1.29. The average molecular weight is 398 g/mol. The Kier molecular flexibility index (Phi) is 4.26. The maximum atomic E-state index is 13.4. The van der Waals surface area contributed by atoms with Gasteiger partial charge in [-0.2, -0.15) is 5.10 Å². The molecule has 0 radical (unpaired) electrons. The van der Waals surface area contributed by atoms with Gasteiger partial charge >= 0.3 is 0 Å². The van der Waals surface area contributed by atoms with Crippen LogP contribution in [0.5, 0.6) is 0 Å². The number of nitrogens with zero attached hydrogens (tertiary/aromatic N) is 1. The van der Waals surface area contributed by atoms with Crippen molar-refractivity contribution in [2.24, 2.45) is 11.8 Å². The van der Waals surface area contributed by atoms with E-state index in [9.17, 15) is 4.79 Å². The number of para-hydroxylation sites is 1. The van der Waals surface area contributed by atoms with E-state index >= 15 is 0 Å². The minimum Gasteiger partial charge on any atom is -0.320 e. The molecule has 3 aromatic rings. The van der Waals surface area contributed by atoms with Gasteiger partial charge < -0.3 is 5.32 Å². The van der Waals surface area contributed by atoms with Gasteiger partial charge in [0.15, 0.2) is 5.69 Å². The number of carbonyl (C=O) groups excluding carboxylic acids is 1. The van der Waals surface area contributed by atoms with Crippen LogP contribution in [0.15, 0.2) is 54.6 Å². The maximum absolute atomic E-state index is 13.4. The Morgan fingerprint density at radius 2 is 1.60 bits per heavy atom. The highest BCUT2D eigenvalue weighted by Crippen LogP contribution is 2.56. The van der Waals surface area contributed by atoms with Gasteiger partial charge in [-0.15, -0.1) is 0 Å². The van der Waals surface area contributed by atoms with Gasteiger partial charge in [0.1, 0.15) is 0 Å². The van der Waals surface area contributed by atoms with Crippen LogP contribution < -0.4 is 5.32 Å². The lowest BCUT2D eigenvalue weighted by Gasteiger charge is -2.38. The van der Waals surface area contributed by atoms with E-state index in [-0.39, 0.29) is 5.91 Å². The molecule has 4 bridgehead atoms. The van der Waals surface area contributed by atoms with Crippen LogP contribution in [-0.2, 0) is 6.42 Å². The van der Waals surface area contributed by atoms with E-state index in [2.05, 4.69) is 45.8 Å². The molecular weight excluding hydrogens is 370 g/mol. The SMILES string of the molecule is O=C(Nc1ccccc1Cc1ccccc1)c1n[nH]c2c1C1CC3CC(CC2C3)C1. The van der Waals surface area contributed by atoms with Crippen molar-refractivity contribution in [1.82, 2.24) is 10.2 Å². The summed E-state index contributed by atoms with van der Waals surface area (Å²) >= 11 is 0. The lowest BCUT2D eigenvalue weighted by Crippen LogP contribution is -2.26. The number of benzene rings is 2. The third-order valence-electron chi connectivity index (χ3n) is 7.51. The number of carbonyl (C=O) groups is 1. The predicted molar refractivity (Wildman–Crippen MR) is 118 cm³/mol. The first kappa shape index (κ1) is 17.9. The fourth-order valence-corrected chi connectivity index (χ4v) is 6.38. The Labute approximate surface area is 177 Å². The predicted octanol–water partition coefficient (Wildman–Crippen LogP) is 5.64. The fraction of sp³-hybridized carbons (Fsp3) is 0.385. The Bertz CT molecular complexity index is 1070. The molecule has 30 heavy (non-hydrogen) atoms. The summed E-state index contributed by atoms with van der Waals surface area (Å²) in [4.78, 5) is 13.4. The van der Waals surface area contributed by atoms with E-state index in [4.69, 9.17) is 0 Å². The smallest absolute Gasteiger partial charge is 0.276 e. The van der Waals surface area contributed by atoms with Gasteiger partial charge in [-0.05, 0) is 73.5 Å². The molecule has 4 heteroatoms. The molecule has 1 heterocycles. The molecule has 0 saturated heterocycles. The second kappa shape index (κ2) is 7.12. The van der Waals surface area contributed by atoms with Crippen molar-refractivity contribution in [2.75, 3.05) is 5.32 Å². The van der Waals surface area contributed by atoms with E-state index in [0.29, 0.717) is 17.5 Å². The first-order chi connectivity index (χ1) is 14.7. The number of H-pyrrole nitrogens is 1. The molecule has 2 saturated carbocycles. The number of aromatic amines is 1. The summed E-state index contributed by atoms with van der Waals surface area (Å²) in [6.45, 7) is 0. The molecule has 4 aliphatic carbocycles. The summed E-state index contributed by atoms with van der Waals surface area (Å²) in [6.07, 6.45) is 7.17. The van der Waals surface area contributed by atoms with E-state index in [1.54, 1.807) is 0 Å². The normalized spacial score (nSPS) is 26.3. The highest BCUT2D eigenvalue weighted by Gasteiger charge is 2.45. The number of hydrogen-bond acceptors (Lipinski definition) is 2. The first-order valence-electron chi connectivity index (χ1n) is 11.3. The molecule has 2 atom stereocenters. The molecule has 4 nitrogen and oxygen atoms in total. The van der Waals surface area contributed by atoms with Crippen LogP contribution in [0.4, 0.5) is 5.69 Å². The van der Waals surface area contributed by atoms with Gasteiger partial charge in [0.05, 0.1) is 0 Å². The third kappa shape index (κ3) is 3.06. The minimum absolute atomic E-state index is 0.0748. The number of nitrogens with one attached hydrogen (secondary N) is 2. The van der Waals surface area contributed by atoms with Gasteiger partial charge in [0.25, 0.3) is 5.91 Å². The van der Waals surface area contributed by atoms with Gasteiger partial charge in [-0.3, -0.25) is 9.89 Å². The van der Waals surface area contributed by atoms with Crippen molar-refractivity contribution in [3.05, 3.63) is 82.7 Å². The van der Waals surface area contributed by atoms with Crippen LogP contribution in [0.3, 0.4) is 0 Å². The van der Waals surface area contributed by atoms with Crippen molar-refractivity contribution >= 4 is 11.6 Å². The van der Waals surface area contributed by atoms with Crippen LogP contribution >= 0.6 is 0 Å². The molecule has 4 aliphatic rings. The summed E-state index contributed by atoms with van der Waals surface area (Å²) in [6, 6.07) is 18.5. The van der Waals surface area contributed by atoms with Crippen molar-refractivity contribution < 1.29 is 4.79 Å². The molecule has 0 spiro atoms. The van der Waals surface area contributed by atoms with Crippen LogP contribution in [0.1, 0.15) is 76.8 Å². The van der Waals surface area contributed by atoms with Gasteiger partial charge in [-0.25, -0.2) is 0 Å². The second-order valence-electron chi connectivity index (χ2n) is 9.48. The standard InChI is InChI=1S/C26H27N3O/c30-26(27-22-9-5-4-8-19(22)11-16-6-2-1-3-7-16)25-23-20-12-17-10-18(13-20)15-21(14-17)24(23)28-29-25/h1-9,17-18,20-21H,10-15H2,(H,27,30)(H,28,29). The molecule has 1 amide bonds. The van der Waals surface area contributed by atoms with E-state index in [1.165, 1.54) is 48.9 Å². The quantitative estimate of drug-likeness (QED) is 0.598. The molecule has 2 N–H and O–H groups in total. The van der Waals surface area contributed by atoms with Gasteiger partial charge in [0, 0.05) is 22.9 Å². The molecular formula is C26H27N3O. The molecule has 152 valence electrons. The highest BCUT2D eigenvalue weighted by atomic mass is 16.2.